The van der Waals surface area contributed by atoms with Crippen molar-refractivity contribution in [1.29, 1.82) is 0 Å². The molecule has 0 heterocycles. The number of fused-ring (bicyclic) bond motifs is 5. The van der Waals surface area contributed by atoms with Gasteiger partial charge >= 0.3 is 0 Å². The molecule has 112 heavy (non-hydrogen) atoms. The molecule has 9 atom stereocenters. The smallest absolute Gasteiger partial charge is 0.248 e. The maximum absolute atomic E-state index is 11.6. The van der Waals surface area contributed by atoms with Crippen molar-refractivity contribution in [2.45, 2.75) is 241 Å². The minimum absolute atomic E-state index is 0. The summed E-state index contributed by atoms with van der Waals surface area (Å²) in [5.41, 5.74) is 41.5. The predicted octanol–water partition coefficient (Wildman–Crippen LogP) is 29.7. The molecule has 590 valence electrons. The predicted molar refractivity (Wildman–Crippen MR) is 480 cm³/mol. The van der Waals surface area contributed by atoms with Gasteiger partial charge in [-0.15, -0.1) is 0 Å². The molecule has 0 spiro atoms. The first-order chi connectivity index (χ1) is 53.1. The number of Topliss-reactive ketones (excluding diaryl/α,β-unsaturated/α-hetero) is 1. The molecule has 0 fully saturated rings. The van der Waals surface area contributed by atoms with E-state index < -0.39 is 0 Å². The van der Waals surface area contributed by atoms with Gasteiger partial charge in [0.05, 0.1) is 0 Å². The van der Waals surface area contributed by atoms with E-state index in [4.69, 9.17) is 69.5 Å². The average molecular weight is 1600 g/mol. The lowest BCUT2D eigenvalue weighted by atomic mass is 9.70. The number of amides is 1. The van der Waals surface area contributed by atoms with Crippen molar-refractivity contribution in [1.82, 2.24) is 0 Å². The van der Waals surface area contributed by atoms with Gasteiger partial charge in [0, 0.05) is 73.2 Å². The molecular weight excluding hydrogens is 1470 g/mol. The molecule has 5 aliphatic carbocycles. The highest BCUT2D eigenvalue weighted by molar-refractivity contribution is 6.32. The second kappa shape index (κ2) is 39.4. The van der Waals surface area contributed by atoms with Crippen molar-refractivity contribution in [3.63, 3.8) is 0 Å². The molecule has 0 saturated carbocycles. The van der Waals surface area contributed by atoms with E-state index in [0.717, 1.165) is 60.2 Å². The third-order valence-corrected chi connectivity index (χ3v) is 27.2. The second-order valence-corrected chi connectivity index (χ2v) is 36.0. The van der Waals surface area contributed by atoms with E-state index in [1.165, 1.54) is 152 Å². The summed E-state index contributed by atoms with van der Waals surface area (Å²) in [7, 11) is 0. The van der Waals surface area contributed by atoms with E-state index in [0.29, 0.717) is 95.5 Å². The minimum atomic E-state index is -0.357. The Bertz CT molecular complexity index is 4910. The summed E-state index contributed by atoms with van der Waals surface area (Å²) in [6.45, 7) is 31.1. The van der Waals surface area contributed by atoms with Crippen molar-refractivity contribution < 1.29 is 9.59 Å². The van der Waals surface area contributed by atoms with Gasteiger partial charge in [0.1, 0.15) is 5.78 Å². The van der Waals surface area contributed by atoms with E-state index in [-0.39, 0.29) is 19.1 Å². The molecule has 5 aliphatic rings. The Morgan fingerprint density at radius 1 is 0.348 bits per heavy atom. The van der Waals surface area contributed by atoms with Gasteiger partial charge in [-0.1, -0.05) is 272 Å². The number of hydrogen-bond acceptors (Lipinski definition) is 3. The third-order valence-electron chi connectivity index (χ3n) is 25.0. The number of ketones is 1. The monoisotopic (exact) mass is 1590 g/mol. The number of carbonyl (C=O) groups is 2. The van der Waals surface area contributed by atoms with Crippen LogP contribution in [0.4, 0.5) is 0 Å². The van der Waals surface area contributed by atoms with Gasteiger partial charge in [-0.3, -0.25) is 9.59 Å². The number of carbonyl (C=O) groups excluding carboxylic acids is 2. The Balaban J connectivity index is 0.000000149. The first-order valence-corrected chi connectivity index (χ1v) is 42.8. The quantitative estimate of drug-likeness (QED) is 0.121. The van der Waals surface area contributed by atoms with E-state index in [1.54, 1.807) is 12.5 Å². The molecule has 10 aromatic carbocycles. The van der Waals surface area contributed by atoms with Crippen LogP contribution < -0.4 is 11.5 Å². The van der Waals surface area contributed by atoms with Crippen molar-refractivity contribution >= 4 is 69.7 Å². The van der Waals surface area contributed by atoms with Crippen molar-refractivity contribution in [3.8, 4) is 0 Å². The van der Waals surface area contributed by atoms with Crippen LogP contribution in [0.25, 0.3) is 0 Å². The normalized spacial score (nSPS) is 19.9. The lowest BCUT2D eigenvalue weighted by Crippen LogP contribution is -2.21. The standard InChI is InChI=1S/C23H27ClO.C21H24ClNO.C21H26ClN.C20H23Cl.C17H17Cl.CH4/c1-14(2)19-8-9-20(18-6-10-23(24)15(3)11-18)21-7-5-17(12-16(4)25)13-22(19)21;1-12(2)16-7-8-17(14-5-9-20(22)13(3)10-14)18-6-4-15(21(23)24)11-19(16)18;1-13(2)17-7-8-18(16-5-9-21(22)14(3)10-16)19-6-4-15(12-23)11-20(17)19;1-13(2)16-9-10-17(19-7-5-4-6-18(16)19)15-8-11-20(21)14(3)12-15;1-12-11-14(9-10-17(12)18)16-8-4-6-13-5-2-3-7-15(13)16;/h5-7,10-11,13-14,19-20H,8-9,12H2,1-4H3;4-6,9-12,16-17H,7-8H2,1-3H3,(H2,23,24);4-6,9-11,13,17-18H,7-8,12,23H2,1-3H3;4-8,11-13,16-17H,9-10H2,1-3H3;2-3,5,7,9-11,16H,4,6,8H2,1H3;1H4/t19-,20+;;;16?,17-;16-;/m1..00./s1. The fourth-order valence-corrected chi connectivity index (χ4v) is 19.5. The van der Waals surface area contributed by atoms with Gasteiger partial charge in [-0.25, -0.2) is 0 Å². The van der Waals surface area contributed by atoms with Crippen molar-refractivity contribution in [3.05, 3.63) is 347 Å². The zero-order chi connectivity index (χ0) is 79.6. The maximum atomic E-state index is 11.6. The van der Waals surface area contributed by atoms with E-state index in [1.807, 2.05) is 49.4 Å². The van der Waals surface area contributed by atoms with Crippen LogP contribution in [0.3, 0.4) is 0 Å². The second-order valence-electron chi connectivity index (χ2n) is 34.0. The molecule has 10 aromatic rings. The Morgan fingerprint density at radius 2 is 0.652 bits per heavy atom. The van der Waals surface area contributed by atoms with Crippen LogP contribution in [-0.4, -0.2) is 11.7 Å². The minimum Gasteiger partial charge on any atom is -0.366 e. The number of nitrogens with two attached hydrogens (primary N) is 2. The summed E-state index contributed by atoms with van der Waals surface area (Å²) in [6.07, 6.45) is 13.9. The maximum Gasteiger partial charge on any atom is 0.248 e. The van der Waals surface area contributed by atoms with Crippen LogP contribution in [0, 0.1) is 58.3 Å². The van der Waals surface area contributed by atoms with Crippen LogP contribution in [0.2, 0.25) is 25.1 Å². The first kappa shape index (κ1) is 87.1. The van der Waals surface area contributed by atoms with Crippen LogP contribution in [0.15, 0.2) is 194 Å². The van der Waals surface area contributed by atoms with Gasteiger partial charge < -0.3 is 11.5 Å². The fourth-order valence-electron chi connectivity index (χ4n) is 18.9. The Labute approximate surface area is 697 Å². The van der Waals surface area contributed by atoms with E-state index >= 15 is 0 Å². The van der Waals surface area contributed by atoms with Crippen molar-refractivity contribution in [2.24, 2.45) is 35.1 Å². The summed E-state index contributed by atoms with van der Waals surface area (Å²) >= 11 is 30.9. The Kier molecular flexibility index (Phi) is 30.6. The van der Waals surface area contributed by atoms with Crippen LogP contribution in [-0.2, 0) is 24.2 Å². The number of primary amides is 1. The number of benzene rings is 10. The molecule has 0 aliphatic heterocycles. The molecule has 0 aromatic heterocycles. The Hall–Kier alpha value is -7.25. The SMILES string of the molecule is C.CC(=O)Cc1ccc2c(c1)[C@@H](C(C)C)CC[C@H]2c1ccc(Cl)c(C)c1.Cc1cc(C2CCC(C(C)C)c3cc(C(N)=O)ccc32)ccc1Cl.Cc1cc(C2CCC(C(C)C)c3cc(CN)ccc32)ccc1Cl.Cc1cc([C@@H]2CCC(C(C)C)c3ccccc32)ccc1Cl.Cc1cc([C@@H]2CCCc3ccccc32)ccc1Cl. The Morgan fingerprint density at radius 3 is 1.00 bits per heavy atom. The summed E-state index contributed by atoms with van der Waals surface area (Å²) in [5.74, 6) is 7.10. The van der Waals surface area contributed by atoms with Gasteiger partial charge in [-0.2, -0.15) is 0 Å². The van der Waals surface area contributed by atoms with Gasteiger partial charge in [0.25, 0.3) is 0 Å². The number of rotatable bonds is 13. The lowest BCUT2D eigenvalue weighted by molar-refractivity contribution is -0.116. The summed E-state index contributed by atoms with van der Waals surface area (Å²) in [5, 5.41) is 4.21. The molecule has 5 unspecified atom stereocenters. The highest BCUT2D eigenvalue weighted by atomic mass is 35.5. The molecule has 4 N–H and O–H groups in total. The molecule has 0 bridgehead atoms. The lowest BCUT2D eigenvalue weighted by Gasteiger charge is -2.34. The third kappa shape index (κ3) is 20.7. The highest BCUT2D eigenvalue weighted by Gasteiger charge is 2.35. The van der Waals surface area contributed by atoms with Crippen LogP contribution >= 0.6 is 58.0 Å². The number of halogens is 5. The zero-order valence-electron chi connectivity index (χ0n) is 68.0. The molecular formula is C103H121Cl5N2O2. The first-order valence-electron chi connectivity index (χ1n) is 40.9. The molecule has 0 radical (unpaired) electrons. The highest BCUT2D eigenvalue weighted by Crippen LogP contribution is 2.51. The van der Waals surface area contributed by atoms with Gasteiger partial charge in [-0.05, 0) is 324 Å². The summed E-state index contributed by atoms with van der Waals surface area (Å²) < 4.78 is 0. The number of hydrogen-bond donors (Lipinski definition) is 2. The van der Waals surface area contributed by atoms with Gasteiger partial charge in [0.2, 0.25) is 5.91 Å². The van der Waals surface area contributed by atoms with Crippen molar-refractivity contribution in [2.75, 3.05) is 0 Å². The molecule has 15 rings (SSSR count). The van der Waals surface area contributed by atoms with Crippen LogP contribution in [0.1, 0.15) is 320 Å². The molecule has 0 saturated heterocycles. The fraction of sp³-hybridized carbons (Fsp3) is 0.398. The largest absolute Gasteiger partial charge is 0.366 e. The zero-order valence-corrected chi connectivity index (χ0v) is 71.8. The molecule has 4 nitrogen and oxygen atoms in total. The molecule has 1 amide bonds. The number of aryl methyl sites for hydroxylation is 6. The topological polar surface area (TPSA) is 86.2 Å². The van der Waals surface area contributed by atoms with E-state index in [2.05, 4.69) is 235 Å². The van der Waals surface area contributed by atoms with Gasteiger partial charge in [0.15, 0.2) is 0 Å². The van der Waals surface area contributed by atoms with E-state index in [9.17, 15) is 9.59 Å². The molecule has 9 heteroatoms. The average Bonchev–Trinajstić information content (AvgIpc) is 0.787. The van der Waals surface area contributed by atoms with Crippen LogP contribution in [0.5, 0.6) is 0 Å². The summed E-state index contributed by atoms with van der Waals surface area (Å²) in [4.78, 5) is 23.1. The summed E-state index contributed by atoms with van der Waals surface area (Å²) in [6, 6.07) is 69.5.